The van der Waals surface area contributed by atoms with Crippen LogP contribution in [0.4, 0.5) is 0 Å². The van der Waals surface area contributed by atoms with Gasteiger partial charge in [-0.2, -0.15) is 11.8 Å². The number of piperidine rings is 1. The molecule has 0 aliphatic carbocycles. The number of hydrogen-bond acceptors (Lipinski definition) is 4. The first kappa shape index (κ1) is 14.3. The molecule has 0 bridgehead atoms. The Labute approximate surface area is 106 Å². The van der Waals surface area contributed by atoms with Gasteiger partial charge in [0.2, 0.25) is 5.91 Å². The Morgan fingerprint density at radius 1 is 1.59 bits per heavy atom. The molecule has 0 spiro atoms. The first-order valence-electron chi connectivity index (χ1n) is 5.88. The van der Waals surface area contributed by atoms with Crippen LogP contribution in [0.1, 0.15) is 19.3 Å². The van der Waals surface area contributed by atoms with E-state index in [9.17, 15) is 9.59 Å². The summed E-state index contributed by atoms with van der Waals surface area (Å²) in [4.78, 5) is 22.8. The Bertz CT molecular complexity index is 267. The van der Waals surface area contributed by atoms with Crippen molar-refractivity contribution in [1.29, 1.82) is 0 Å². The van der Waals surface area contributed by atoms with E-state index in [1.807, 2.05) is 6.26 Å². The second-order valence-corrected chi connectivity index (χ2v) is 5.21. The number of aliphatic carboxylic acids is 1. The van der Waals surface area contributed by atoms with Crippen molar-refractivity contribution in [3.63, 3.8) is 0 Å². The van der Waals surface area contributed by atoms with E-state index in [1.54, 1.807) is 11.8 Å². The summed E-state index contributed by atoms with van der Waals surface area (Å²) in [5.74, 6) is -0.429. The molecule has 1 heterocycles. The van der Waals surface area contributed by atoms with Crippen LogP contribution in [0.5, 0.6) is 0 Å². The molecule has 2 atom stereocenters. The minimum absolute atomic E-state index is 0.0834. The van der Waals surface area contributed by atoms with Gasteiger partial charge in [0, 0.05) is 6.54 Å². The van der Waals surface area contributed by atoms with E-state index in [-0.39, 0.29) is 11.8 Å². The number of carboxylic acids is 1. The van der Waals surface area contributed by atoms with E-state index >= 15 is 0 Å². The summed E-state index contributed by atoms with van der Waals surface area (Å²) in [7, 11) is 0. The molecule has 3 N–H and O–H groups in total. The van der Waals surface area contributed by atoms with Gasteiger partial charge in [-0.05, 0) is 37.8 Å². The zero-order valence-electron chi connectivity index (χ0n) is 10.1. The van der Waals surface area contributed by atoms with Crippen LogP contribution >= 0.6 is 11.8 Å². The van der Waals surface area contributed by atoms with Crippen LogP contribution in [-0.2, 0) is 9.59 Å². The second kappa shape index (κ2) is 7.55. The largest absolute Gasteiger partial charge is 0.480 e. The monoisotopic (exact) mass is 260 g/mol. The number of amides is 1. The molecule has 1 aliphatic heterocycles. The van der Waals surface area contributed by atoms with E-state index in [4.69, 9.17) is 5.11 Å². The minimum atomic E-state index is -0.948. The quantitative estimate of drug-likeness (QED) is 0.640. The lowest BCUT2D eigenvalue weighted by Gasteiger charge is -2.23. The highest BCUT2D eigenvalue weighted by Crippen LogP contribution is 2.11. The summed E-state index contributed by atoms with van der Waals surface area (Å²) in [6.07, 6.45) is 4.21. The third kappa shape index (κ3) is 4.95. The van der Waals surface area contributed by atoms with Gasteiger partial charge in [-0.15, -0.1) is 0 Å². The van der Waals surface area contributed by atoms with Gasteiger partial charge in [0.25, 0.3) is 0 Å². The Morgan fingerprint density at radius 2 is 2.35 bits per heavy atom. The molecule has 1 saturated heterocycles. The van der Waals surface area contributed by atoms with Gasteiger partial charge in [-0.1, -0.05) is 0 Å². The van der Waals surface area contributed by atoms with Crippen molar-refractivity contribution in [1.82, 2.24) is 10.6 Å². The van der Waals surface area contributed by atoms with Crippen LogP contribution in [0.25, 0.3) is 0 Å². The highest BCUT2D eigenvalue weighted by Gasteiger charge is 2.25. The number of thioether (sulfide) groups is 1. The van der Waals surface area contributed by atoms with E-state index in [1.165, 1.54) is 0 Å². The summed E-state index contributed by atoms with van der Waals surface area (Å²) in [6, 6.07) is -0.753. The lowest BCUT2D eigenvalue weighted by Crippen LogP contribution is -2.47. The van der Waals surface area contributed by atoms with Gasteiger partial charge >= 0.3 is 5.97 Å². The highest BCUT2D eigenvalue weighted by molar-refractivity contribution is 7.98. The average Bonchev–Trinajstić information content (AvgIpc) is 2.35. The maximum atomic E-state index is 11.9. The molecule has 0 radical (unpaired) electrons. The molecule has 6 heteroatoms. The van der Waals surface area contributed by atoms with Crippen LogP contribution in [0, 0.1) is 5.92 Å². The molecule has 0 saturated carbocycles. The number of carboxylic acid groups (broad SMARTS) is 1. The number of carbonyl (C=O) groups is 2. The van der Waals surface area contributed by atoms with Gasteiger partial charge in [0.05, 0.1) is 5.92 Å². The third-order valence-corrected chi connectivity index (χ3v) is 3.54. The first-order chi connectivity index (χ1) is 8.15. The smallest absolute Gasteiger partial charge is 0.326 e. The van der Waals surface area contributed by atoms with E-state index in [2.05, 4.69) is 10.6 Å². The van der Waals surface area contributed by atoms with Crippen molar-refractivity contribution in [2.45, 2.75) is 25.3 Å². The van der Waals surface area contributed by atoms with Crippen molar-refractivity contribution in [2.24, 2.45) is 5.92 Å². The van der Waals surface area contributed by atoms with Gasteiger partial charge in [0.1, 0.15) is 6.04 Å². The fourth-order valence-corrected chi connectivity index (χ4v) is 2.33. The number of rotatable bonds is 6. The summed E-state index contributed by atoms with van der Waals surface area (Å²) in [6.45, 7) is 1.60. The summed E-state index contributed by atoms with van der Waals surface area (Å²) >= 11 is 1.58. The summed E-state index contributed by atoms with van der Waals surface area (Å²) in [5, 5.41) is 14.8. The van der Waals surface area contributed by atoms with Crippen molar-refractivity contribution in [2.75, 3.05) is 25.1 Å². The molecule has 17 heavy (non-hydrogen) atoms. The van der Waals surface area contributed by atoms with Gasteiger partial charge in [-0.3, -0.25) is 4.79 Å². The molecule has 0 aromatic rings. The lowest BCUT2D eigenvalue weighted by molar-refractivity contribution is -0.142. The van der Waals surface area contributed by atoms with Crippen molar-refractivity contribution >= 4 is 23.6 Å². The molecule has 0 unspecified atom stereocenters. The SMILES string of the molecule is CSCC[C@H](NC(=O)[C@@H]1CCCNC1)C(=O)O. The van der Waals surface area contributed by atoms with Gasteiger partial charge in [0.15, 0.2) is 0 Å². The molecule has 98 valence electrons. The Balaban J connectivity index is 2.42. The molecular weight excluding hydrogens is 240 g/mol. The first-order valence-corrected chi connectivity index (χ1v) is 7.27. The molecule has 1 rings (SSSR count). The number of nitrogens with one attached hydrogen (secondary N) is 2. The minimum Gasteiger partial charge on any atom is -0.480 e. The maximum Gasteiger partial charge on any atom is 0.326 e. The third-order valence-electron chi connectivity index (χ3n) is 2.89. The molecule has 0 aromatic carbocycles. The van der Waals surface area contributed by atoms with E-state index < -0.39 is 12.0 Å². The van der Waals surface area contributed by atoms with Crippen LogP contribution in [0.2, 0.25) is 0 Å². The predicted octanol–water partition coefficient (Wildman–Crippen LogP) is 0.309. The van der Waals surface area contributed by atoms with E-state index in [0.29, 0.717) is 13.0 Å². The fraction of sp³-hybridized carbons (Fsp3) is 0.818. The molecule has 5 nitrogen and oxygen atoms in total. The van der Waals surface area contributed by atoms with Crippen molar-refractivity contribution < 1.29 is 14.7 Å². The molecule has 1 fully saturated rings. The summed E-state index contributed by atoms with van der Waals surface area (Å²) < 4.78 is 0. The van der Waals surface area contributed by atoms with Crippen LogP contribution in [-0.4, -0.2) is 48.1 Å². The zero-order chi connectivity index (χ0) is 12.7. The Morgan fingerprint density at radius 3 is 2.88 bits per heavy atom. The zero-order valence-corrected chi connectivity index (χ0v) is 10.9. The predicted molar refractivity (Wildman–Crippen MR) is 68.2 cm³/mol. The molecule has 1 amide bonds. The molecule has 1 aliphatic rings. The van der Waals surface area contributed by atoms with E-state index in [0.717, 1.165) is 25.1 Å². The van der Waals surface area contributed by atoms with Crippen LogP contribution in [0.15, 0.2) is 0 Å². The summed E-state index contributed by atoms with van der Waals surface area (Å²) in [5.41, 5.74) is 0. The maximum absolute atomic E-state index is 11.9. The number of hydrogen-bond donors (Lipinski definition) is 3. The Hall–Kier alpha value is -0.750. The van der Waals surface area contributed by atoms with Gasteiger partial charge in [-0.25, -0.2) is 4.79 Å². The topological polar surface area (TPSA) is 78.4 Å². The van der Waals surface area contributed by atoms with Crippen molar-refractivity contribution in [3.05, 3.63) is 0 Å². The Kier molecular flexibility index (Phi) is 6.36. The second-order valence-electron chi connectivity index (χ2n) is 4.22. The van der Waals surface area contributed by atoms with Crippen LogP contribution in [0.3, 0.4) is 0 Å². The van der Waals surface area contributed by atoms with Crippen molar-refractivity contribution in [3.8, 4) is 0 Å². The average molecular weight is 260 g/mol. The highest BCUT2D eigenvalue weighted by atomic mass is 32.2. The van der Waals surface area contributed by atoms with Gasteiger partial charge < -0.3 is 15.7 Å². The normalized spacial score (nSPS) is 21.8. The number of carbonyl (C=O) groups excluding carboxylic acids is 1. The fourth-order valence-electron chi connectivity index (χ4n) is 1.86. The molecule has 0 aromatic heterocycles. The lowest BCUT2D eigenvalue weighted by atomic mass is 9.98. The standard InChI is InChI=1S/C11H20N2O3S/c1-17-6-4-9(11(15)16)13-10(14)8-3-2-5-12-7-8/h8-9,12H,2-7H2,1H3,(H,13,14)(H,15,16)/t8-,9+/m1/s1. The van der Waals surface area contributed by atoms with Crippen LogP contribution < -0.4 is 10.6 Å². The molecular formula is C11H20N2O3S.